The third-order valence-corrected chi connectivity index (χ3v) is 5.55. The van der Waals surface area contributed by atoms with E-state index in [4.69, 9.17) is 17.3 Å². The van der Waals surface area contributed by atoms with Gasteiger partial charge in [0.05, 0.1) is 17.8 Å². The number of pyridine rings is 1. The highest BCUT2D eigenvalue weighted by Gasteiger charge is 2.34. The van der Waals surface area contributed by atoms with Gasteiger partial charge in [-0.15, -0.1) is 0 Å². The van der Waals surface area contributed by atoms with Crippen LogP contribution in [0.25, 0.3) is 0 Å². The number of benzene rings is 1. The van der Waals surface area contributed by atoms with E-state index in [0.717, 1.165) is 11.3 Å². The minimum absolute atomic E-state index is 0. The van der Waals surface area contributed by atoms with Crippen LogP contribution in [0.1, 0.15) is 44.9 Å². The van der Waals surface area contributed by atoms with E-state index in [9.17, 15) is 9.59 Å². The molecule has 0 saturated carbocycles. The van der Waals surface area contributed by atoms with E-state index < -0.39 is 0 Å². The molecular weight excluding hydrogens is 422 g/mol. The summed E-state index contributed by atoms with van der Waals surface area (Å²) in [6, 6.07) is 8.79. The SMILES string of the molecule is Cc1ccc(N2C[C@H](C)n3ncc(CC(=O)c4cccnc4N)c3C2=O)cc1Cl.S. The summed E-state index contributed by atoms with van der Waals surface area (Å²) in [7, 11) is 0. The van der Waals surface area contributed by atoms with Gasteiger partial charge in [-0.2, -0.15) is 18.6 Å². The number of ketones is 1. The Morgan fingerprint density at radius 3 is 2.80 bits per heavy atom. The van der Waals surface area contributed by atoms with Crippen molar-refractivity contribution in [2.75, 3.05) is 17.2 Å². The Labute approximate surface area is 186 Å². The third-order valence-electron chi connectivity index (χ3n) is 5.14. The van der Waals surface area contributed by atoms with Gasteiger partial charge < -0.3 is 10.6 Å². The van der Waals surface area contributed by atoms with Crippen LogP contribution in [0.15, 0.2) is 42.7 Å². The highest BCUT2D eigenvalue weighted by molar-refractivity contribution is 7.59. The van der Waals surface area contributed by atoms with Gasteiger partial charge >= 0.3 is 0 Å². The first-order valence-corrected chi connectivity index (χ1v) is 9.62. The lowest BCUT2D eigenvalue weighted by molar-refractivity contribution is 0.0951. The highest BCUT2D eigenvalue weighted by atomic mass is 35.5. The van der Waals surface area contributed by atoms with Crippen molar-refractivity contribution in [2.45, 2.75) is 26.3 Å². The number of Topliss-reactive ketones (excluding diaryl/α,β-unsaturated/α-hetero) is 1. The van der Waals surface area contributed by atoms with E-state index >= 15 is 0 Å². The van der Waals surface area contributed by atoms with Crippen molar-refractivity contribution in [2.24, 2.45) is 0 Å². The lowest BCUT2D eigenvalue weighted by atomic mass is 10.0. The third kappa shape index (κ3) is 3.80. The van der Waals surface area contributed by atoms with Crippen molar-refractivity contribution in [3.8, 4) is 0 Å². The fraction of sp³-hybridized carbons (Fsp3) is 0.238. The number of nitrogens with two attached hydrogens (primary N) is 1. The molecule has 1 atom stereocenters. The number of nitrogen functional groups attached to an aromatic ring is 1. The van der Waals surface area contributed by atoms with Gasteiger partial charge in [0.25, 0.3) is 5.91 Å². The largest absolute Gasteiger partial charge is 0.383 e. The molecule has 0 aliphatic carbocycles. The predicted molar refractivity (Wildman–Crippen MR) is 122 cm³/mol. The minimum atomic E-state index is -0.206. The first-order chi connectivity index (χ1) is 13.9. The number of aryl methyl sites for hydroxylation is 1. The predicted octanol–water partition coefficient (Wildman–Crippen LogP) is 3.58. The van der Waals surface area contributed by atoms with Crippen LogP contribution < -0.4 is 10.6 Å². The Morgan fingerprint density at radius 2 is 2.10 bits per heavy atom. The second-order valence-electron chi connectivity index (χ2n) is 7.20. The summed E-state index contributed by atoms with van der Waals surface area (Å²) >= 11 is 6.26. The van der Waals surface area contributed by atoms with Gasteiger partial charge in [0.2, 0.25) is 0 Å². The Balaban J connectivity index is 0.00000256. The summed E-state index contributed by atoms with van der Waals surface area (Å²) in [5.74, 6) is -0.237. The van der Waals surface area contributed by atoms with Gasteiger partial charge in [0.15, 0.2) is 5.78 Å². The minimum Gasteiger partial charge on any atom is -0.383 e. The number of carbonyl (C=O) groups excluding carboxylic acids is 2. The smallest absolute Gasteiger partial charge is 0.276 e. The molecule has 3 aromatic rings. The van der Waals surface area contributed by atoms with E-state index in [1.165, 1.54) is 6.20 Å². The molecule has 1 amide bonds. The number of rotatable bonds is 4. The van der Waals surface area contributed by atoms with Crippen LogP contribution in [0, 0.1) is 6.92 Å². The van der Waals surface area contributed by atoms with Gasteiger partial charge in [-0.05, 0) is 43.7 Å². The Bertz CT molecular complexity index is 1130. The molecule has 4 rings (SSSR count). The van der Waals surface area contributed by atoms with Crippen molar-refractivity contribution in [3.05, 3.63) is 70.1 Å². The molecule has 0 bridgehead atoms. The summed E-state index contributed by atoms with van der Waals surface area (Å²) < 4.78 is 1.68. The normalized spacial score (nSPS) is 15.5. The molecular formula is C21H22ClN5O2S. The molecule has 7 nitrogen and oxygen atoms in total. The maximum Gasteiger partial charge on any atom is 0.276 e. The average molecular weight is 444 g/mol. The molecule has 30 heavy (non-hydrogen) atoms. The molecule has 9 heteroatoms. The number of halogens is 1. The van der Waals surface area contributed by atoms with Crippen LogP contribution in [-0.2, 0) is 6.42 Å². The van der Waals surface area contributed by atoms with Gasteiger partial charge in [0.1, 0.15) is 11.5 Å². The van der Waals surface area contributed by atoms with Crippen molar-refractivity contribution in [1.29, 1.82) is 0 Å². The van der Waals surface area contributed by atoms with Crippen LogP contribution in [0.4, 0.5) is 11.5 Å². The number of fused-ring (bicyclic) bond motifs is 1. The Hall–Kier alpha value is -2.84. The molecule has 2 aromatic heterocycles. The molecule has 0 fully saturated rings. The zero-order valence-electron chi connectivity index (χ0n) is 16.6. The molecule has 156 valence electrons. The molecule has 1 aromatic carbocycles. The number of aromatic nitrogens is 3. The summed E-state index contributed by atoms with van der Waals surface area (Å²) in [6.07, 6.45) is 3.13. The molecule has 0 saturated heterocycles. The standard InChI is InChI=1S/C21H20ClN5O2.H2S/c1-12-5-6-15(9-17(12)22)26-11-13(2)27-19(21(26)29)14(10-25-27)8-18(28)16-4-3-7-24-20(16)23;/h3-7,9-10,13H,8,11H2,1-2H3,(H2,23,24);1H2/t13-;/m0./s1. The number of hydrogen-bond donors (Lipinski definition) is 1. The van der Waals surface area contributed by atoms with Crippen molar-refractivity contribution in [1.82, 2.24) is 14.8 Å². The summed E-state index contributed by atoms with van der Waals surface area (Å²) in [5, 5.41) is 4.96. The fourth-order valence-electron chi connectivity index (χ4n) is 3.54. The van der Waals surface area contributed by atoms with E-state index in [1.54, 1.807) is 34.0 Å². The Kier molecular flexibility index (Phi) is 6.19. The second-order valence-corrected chi connectivity index (χ2v) is 7.60. The number of carbonyl (C=O) groups is 2. The first-order valence-electron chi connectivity index (χ1n) is 9.25. The van der Waals surface area contributed by atoms with Gasteiger partial charge in [-0.1, -0.05) is 17.7 Å². The molecule has 0 unspecified atom stereocenters. The summed E-state index contributed by atoms with van der Waals surface area (Å²) in [5.41, 5.74) is 8.81. The van der Waals surface area contributed by atoms with Crippen LogP contribution in [0.5, 0.6) is 0 Å². The van der Waals surface area contributed by atoms with E-state index in [2.05, 4.69) is 10.1 Å². The Morgan fingerprint density at radius 1 is 1.33 bits per heavy atom. The molecule has 1 aliphatic rings. The van der Waals surface area contributed by atoms with Crippen molar-refractivity contribution in [3.63, 3.8) is 0 Å². The molecule has 3 heterocycles. The summed E-state index contributed by atoms with van der Waals surface area (Å²) in [6.45, 7) is 4.36. The highest BCUT2D eigenvalue weighted by Crippen LogP contribution is 2.31. The number of nitrogens with zero attached hydrogens (tertiary/aromatic N) is 4. The maximum absolute atomic E-state index is 13.3. The van der Waals surface area contributed by atoms with Gasteiger partial charge in [-0.25, -0.2) is 4.98 Å². The maximum atomic E-state index is 13.3. The quantitative estimate of drug-likeness (QED) is 0.622. The number of hydrogen-bond acceptors (Lipinski definition) is 5. The molecule has 2 N–H and O–H groups in total. The van der Waals surface area contributed by atoms with E-state index in [-0.39, 0.29) is 43.5 Å². The van der Waals surface area contributed by atoms with Crippen LogP contribution in [0.2, 0.25) is 5.02 Å². The topological polar surface area (TPSA) is 94.1 Å². The number of anilines is 2. The van der Waals surface area contributed by atoms with Crippen LogP contribution in [0.3, 0.4) is 0 Å². The molecule has 0 radical (unpaired) electrons. The van der Waals surface area contributed by atoms with Crippen LogP contribution >= 0.6 is 25.1 Å². The van der Waals surface area contributed by atoms with E-state index in [1.807, 2.05) is 26.0 Å². The van der Waals surface area contributed by atoms with Crippen molar-refractivity contribution < 1.29 is 9.59 Å². The molecule has 1 aliphatic heterocycles. The monoisotopic (exact) mass is 443 g/mol. The van der Waals surface area contributed by atoms with E-state index in [0.29, 0.717) is 28.4 Å². The lowest BCUT2D eigenvalue weighted by Crippen LogP contribution is -2.43. The lowest BCUT2D eigenvalue weighted by Gasteiger charge is -2.32. The second kappa shape index (κ2) is 8.49. The fourth-order valence-corrected chi connectivity index (χ4v) is 3.72. The summed E-state index contributed by atoms with van der Waals surface area (Å²) in [4.78, 5) is 31.7. The molecule has 0 spiro atoms. The van der Waals surface area contributed by atoms with Crippen molar-refractivity contribution >= 4 is 48.3 Å². The van der Waals surface area contributed by atoms with Crippen LogP contribution in [-0.4, -0.2) is 33.0 Å². The first kappa shape index (κ1) is 21.9. The number of amides is 1. The average Bonchev–Trinajstić information content (AvgIpc) is 3.11. The van der Waals surface area contributed by atoms with Gasteiger partial charge in [-0.3, -0.25) is 14.3 Å². The van der Waals surface area contributed by atoms with Gasteiger partial charge in [0, 0.05) is 35.4 Å². The zero-order chi connectivity index (χ0) is 20.7. The zero-order valence-corrected chi connectivity index (χ0v) is 18.3.